The molecular formula is C19H25NO4. The largest absolute Gasteiger partial charge is 0.481 e. The lowest BCUT2D eigenvalue weighted by Crippen LogP contribution is -2.54. The van der Waals surface area contributed by atoms with E-state index in [-0.39, 0.29) is 6.42 Å². The summed E-state index contributed by atoms with van der Waals surface area (Å²) in [5.41, 5.74) is 2.06. The molecule has 2 fully saturated rings. The Hall–Kier alpha value is -1.59. The molecule has 1 spiro atoms. The molecule has 0 radical (unpaired) electrons. The van der Waals surface area contributed by atoms with Crippen molar-refractivity contribution in [2.24, 2.45) is 0 Å². The molecule has 2 heterocycles. The molecule has 1 saturated heterocycles. The first-order chi connectivity index (χ1) is 11.6. The van der Waals surface area contributed by atoms with Crippen molar-refractivity contribution in [3.63, 3.8) is 0 Å². The van der Waals surface area contributed by atoms with E-state index in [1.165, 1.54) is 19.3 Å². The standard InChI is InChI=1S/C19H25NO4/c21-18(22)7-5-14-4-6-17-15(12-14)13-23-19(24-17)8-10-20(11-9-19)16-2-1-3-16/h4,6,12,16H,1-3,5,7-11,13H2,(H,21,22). The number of piperidine rings is 1. The van der Waals surface area contributed by atoms with E-state index in [1.807, 2.05) is 18.2 Å². The number of hydrogen-bond acceptors (Lipinski definition) is 4. The summed E-state index contributed by atoms with van der Waals surface area (Å²) in [6.45, 7) is 2.66. The quantitative estimate of drug-likeness (QED) is 0.919. The maximum Gasteiger partial charge on any atom is 0.303 e. The maximum atomic E-state index is 10.7. The second-order valence-electron chi connectivity index (χ2n) is 7.26. The van der Waals surface area contributed by atoms with Crippen LogP contribution in [0.1, 0.15) is 49.7 Å². The van der Waals surface area contributed by atoms with Crippen LogP contribution in [0.2, 0.25) is 0 Å². The minimum Gasteiger partial charge on any atom is -0.481 e. The molecule has 1 aliphatic carbocycles. The van der Waals surface area contributed by atoms with Crippen molar-refractivity contribution < 1.29 is 19.4 Å². The lowest BCUT2D eigenvalue weighted by atomic mass is 9.89. The summed E-state index contributed by atoms with van der Waals surface area (Å²) in [5.74, 6) is -0.328. The zero-order chi connectivity index (χ0) is 16.6. The number of ether oxygens (including phenoxy) is 2. The van der Waals surface area contributed by atoms with Gasteiger partial charge in [0.15, 0.2) is 0 Å². The van der Waals surface area contributed by atoms with Gasteiger partial charge in [-0.25, -0.2) is 0 Å². The topological polar surface area (TPSA) is 59.0 Å². The van der Waals surface area contributed by atoms with E-state index in [2.05, 4.69) is 4.90 Å². The molecule has 0 aromatic heterocycles. The van der Waals surface area contributed by atoms with Crippen molar-refractivity contribution in [2.45, 2.75) is 63.4 Å². The fourth-order valence-electron chi connectivity index (χ4n) is 3.92. The van der Waals surface area contributed by atoms with Crippen LogP contribution in [0.3, 0.4) is 0 Å². The van der Waals surface area contributed by atoms with Gasteiger partial charge in [0.05, 0.1) is 6.61 Å². The number of aryl methyl sites for hydroxylation is 1. The fourth-order valence-corrected chi connectivity index (χ4v) is 3.92. The third-order valence-corrected chi connectivity index (χ3v) is 5.69. The first-order valence-electron chi connectivity index (χ1n) is 9.04. The van der Waals surface area contributed by atoms with Crippen molar-refractivity contribution in [3.8, 4) is 5.75 Å². The van der Waals surface area contributed by atoms with Crippen LogP contribution in [0.5, 0.6) is 5.75 Å². The molecule has 130 valence electrons. The van der Waals surface area contributed by atoms with Crippen LogP contribution in [0.4, 0.5) is 0 Å². The molecule has 24 heavy (non-hydrogen) atoms. The van der Waals surface area contributed by atoms with Crippen molar-refractivity contribution in [2.75, 3.05) is 13.1 Å². The van der Waals surface area contributed by atoms with Gasteiger partial charge in [-0.15, -0.1) is 0 Å². The van der Waals surface area contributed by atoms with Gasteiger partial charge in [0.1, 0.15) is 5.75 Å². The Balaban J connectivity index is 1.39. The molecule has 4 rings (SSSR count). The molecule has 5 nitrogen and oxygen atoms in total. The van der Waals surface area contributed by atoms with Crippen LogP contribution in [0, 0.1) is 0 Å². The first-order valence-corrected chi connectivity index (χ1v) is 9.04. The highest BCUT2D eigenvalue weighted by Gasteiger charge is 2.42. The normalized spacial score (nSPS) is 23.3. The SMILES string of the molecule is O=C(O)CCc1ccc2c(c1)COC1(CCN(C3CCC3)CC1)O2. The van der Waals surface area contributed by atoms with E-state index in [4.69, 9.17) is 14.6 Å². The number of carboxylic acid groups (broad SMARTS) is 1. The van der Waals surface area contributed by atoms with Gasteiger partial charge >= 0.3 is 5.97 Å². The van der Waals surface area contributed by atoms with Gasteiger partial charge in [0.2, 0.25) is 5.79 Å². The Morgan fingerprint density at radius 3 is 2.75 bits per heavy atom. The van der Waals surface area contributed by atoms with Crippen LogP contribution in [0.15, 0.2) is 18.2 Å². The monoisotopic (exact) mass is 331 g/mol. The summed E-state index contributed by atoms with van der Waals surface area (Å²) in [6.07, 6.45) is 6.60. The van der Waals surface area contributed by atoms with Crippen LogP contribution >= 0.6 is 0 Å². The van der Waals surface area contributed by atoms with E-state index in [9.17, 15) is 4.79 Å². The number of benzene rings is 1. The number of likely N-dealkylation sites (tertiary alicyclic amines) is 1. The zero-order valence-electron chi connectivity index (χ0n) is 14.0. The van der Waals surface area contributed by atoms with E-state index < -0.39 is 11.8 Å². The molecular weight excluding hydrogens is 306 g/mol. The fraction of sp³-hybridized carbons (Fsp3) is 0.632. The molecule has 5 heteroatoms. The second-order valence-corrected chi connectivity index (χ2v) is 7.26. The zero-order valence-corrected chi connectivity index (χ0v) is 14.0. The Labute approximate surface area is 142 Å². The summed E-state index contributed by atoms with van der Waals surface area (Å²) in [5, 5.41) is 8.81. The van der Waals surface area contributed by atoms with Gasteiger partial charge in [-0.1, -0.05) is 12.5 Å². The Morgan fingerprint density at radius 1 is 1.29 bits per heavy atom. The number of hydrogen-bond donors (Lipinski definition) is 1. The molecule has 2 aliphatic heterocycles. The van der Waals surface area contributed by atoms with Crippen LogP contribution < -0.4 is 4.74 Å². The Morgan fingerprint density at radius 2 is 2.08 bits per heavy atom. The lowest BCUT2D eigenvalue weighted by Gasteiger charge is -2.47. The van der Waals surface area contributed by atoms with Crippen LogP contribution in [-0.4, -0.2) is 40.9 Å². The van der Waals surface area contributed by atoms with E-state index in [0.29, 0.717) is 13.0 Å². The minimum absolute atomic E-state index is 0.154. The van der Waals surface area contributed by atoms with Gasteiger partial charge in [0, 0.05) is 44.0 Å². The first kappa shape index (κ1) is 15.9. The molecule has 1 saturated carbocycles. The third-order valence-electron chi connectivity index (χ3n) is 5.69. The molecule has 0 atom stereocenters. The predicted octanol–water partition coefficient (Wildman–Crippen LogP) is 2.96. The minimum atomic E-state index is -0.766. The van der Waals surface area contributed by atoms with E-state index >= 15 is 0 Å². The highest BCUT2D eigenvalue weighted by molar-refractivity contribution is 5.67. The van der Waals surface area contributed by atoms with Crippen LogP contribution in [-0.2, 0) is 22.6 Å². The highest BCUT2D eigenvalue weighted by Crippen LogP contribution is 2.39. The summed E-state index contributed by atoms with van der Waals surface area (Å²) < 4.78 is 12.4. The van der Waals surface area contributed by atoms with Crippen LogP contribution in [0.25, 0.3) is 0 Å². The summed E-state index contributed by atoms with van der Waals surface area (Å²) in [6, 6.07) is 6.77. The molecule has 1 aromatic rings. The number of carboxylic acids is 1. The Kier molecular flexibility index (Phi) is 4.22. The van der Waals surface area contributed by atoms with E-state index in [0.717, 1.165) is 48.8 Å². The van der Waals surface area contributed by atoms with Gasteiger partial charge in [0.25, 0.3) is 0 Å². The second kappa shape index (κ2) is 6.37. The van der Waals surface area contributed by atoms with Crippen molar-refractivity contribution >= 4 is 5.97 Å². The van der Waals surface area contributed by atoms with Crippen molar-refractivity contribution in [3.05, 3.63) is 29.3 Å². The average Bonchev–Trinajstić information content (AvgIpc) is 2.53. The predicted molar refractivity (Wildman–Crippen MR) is 89.0 cm³/mol. The van der Waals surface area contributed by atoms with Crippen molar-refractivity contribution in [1.82, 2.24) is 4.90 Å². The Bertz CT molecular complexity index is 618. The molecule has 0 amide bonds. The molecule has 3 aliphatic rings. The van der Waals surface area contributed by atoms with Crippen molar-refractivity contribution in [1.29, 1.82) is 0 Å². The molecule has 1 N–H and O–H groups in total. The van der Waals surface area contributed by atoms with Gasteiger partial charge in [-0.05, 0) is 37.0 Å². The smallest absolute Gasteiger partial charge is 0.303 e. The summed E-state index contributed by atoms with van der Waals surface area (Å²) >= 11 is 0. The lowest BCUT2D eigenvalue weighted by molar-refractivity contribution is -0.231. The number of rotatable bonds is 4. The molecule has 0 unspecified atom stereocenters. The molecule has 1 aromatic carbocycles. The van der Waals surface area contributed by atoms with Gasteiger partial charge < -0.3 is 14.6 Å². The maximum absolute atomic E-state index is 10.7. The van der Waals surface area contributed by atoms with E-state index in [1.54, 1.807) is 0 Å². The summed E-state index contributed by atoms with van der Waals surface area (Å²) in [4.78, 5) is 13.3. The number of carbonyl (C=O) groups is 1. The third kappa shape index (κ3) is 3.15. The van der Waals surface area contributed by atoms with Gasteiger partial charge in [-0.2, -0.15) is 0 Å². The number of fused-ring (bicyclic) bond motifs is 1. The average molecular weight is 331 g/mol. The highest BCUT2D eigenvalue weighted by atomic mass is 16.7. The number of nitrogens with zero attached hydrogens (tertiary/aromatic N) is 1. The summed E-state index contributed by atoms with van der Waals surface area (Å²) in [7, 11) is 0. The number of aliphatic carboxylic acids is 1. The molecule has 0 bridgehead atoms. The van der Waals surface area contributed by atoms with Gasteiger partial charge in [-0.3, -0.25) is 9.69 Å².